The first-order chi connectivity index (χ1) is 46.7. The van der Waals surface area contributed by atoms with Gasteiger partial charge in [0.15, 0.2) is 12.2 Å². The molecule has 0 aromatic carbocycles. The molecule has 0 aliphatic heterocycles. The molecular weight excluding hydrogens is 1270 g/mol. The van der Waals surface area contributed by atoms with Gasteiger partial charge in [-0.2, -0.15) is 0 Å². The maximum absolute atomic E-state index is 13.1. The number of ether oxygens (including phenoxy) is 4. The highest BCUT2D eigenvalue weighted by Gasteiger charge is 2.30. The molecule has 0 saturated heterocycles. The fraction of sp³-hybridized carbons (Fsp3) is 0.949. The number of carbonyl (C=O) groups excluding carboxylic acids is 4. The molecule has 0 aliphatic carbocycles. The molecule has 576 valence electrons. The SMILES string of the molecule is CCCCCCCCCCCCCCCCCCC(=O)OC[C@H](COP(=O)(O)OC[C@@H](O)COP(=O)(O)OC[C@@H](COC(=O)CCCCCCCCCC(C)C)OC(=O)CCCCCCCCCC(C)C)OC(=O)CCCCCCCCCCCCCCCCCCCCC(C)C. The van der Waals surface area contributed by atoms with Gasteiger partial charge in [-0.25, -0.2) is 9.13 Å². The molecule has 0 saturated carbocycles. The van der Waals surface area contributed by atoms with Crippen LogP contribution in [0, 0.1) is 17.8 Å². The van der Waals surface area contributed by atoms with Crippen LogP contribution in [0.3, 0.4) is 0 Å². The number of rotatable bonds is 76. The zero-order valence-electron chi connectivity index (χ0n) is 63.5. The summed E-state index contributed by atoms with van der Waals surface area (Å²) in [5.41, 5.74) is 0. The molecule has 17 nitrogen and oxygen atoms in total. The highest BCUT2D eigenvalue weighted by Crippen LogP contribution is 2.45. The highest BCUT2D eigenvalue weighted by molar-refractivity contribution is 7.47. The topological polar surface area (TPSA) is 237 Å². The Balaban J connectivity index is 5.20. The van der Waals surface area contributed by atoms with Crippen LogP contribution in [-0.4, -0.2) is 96.7 Å². The third-order valence-corrected chi connectivity index (χ3v) is 20.0. The lowest BCUT2D eigenvalue weighted by Crippen LogP contribution is -2.30. The molecule has 0 amide bonds. The number of carbonyl (C=O) groups is 4. The maximum Gasteiger partial charge on any atom is 0.472 e. The summed E-state index contributed by atoms with van der Waals surface area (Å²) in [6.07, 6.45) is 55.8. The largest absolute Gasteiger partial charge is 0.472 e. The van der Waals surface area contributed by atoms with E-state index in [0.717, 1.165) is 102 Å². The zero-order chi connectivity index (χ0) is 71.6. The fourth-order valence-electron chi connectivity index (χ4n) is 12.0. The molecule has 19 heteroatoms. The van der Waals surface area contributed by atoms with Gasteiger partial charge in [-0.15, -0.1) is 0 Å². The van der Waals surface area contributed by atoms with E-state index in [1.165, 1.54) is 205 Å². The van der Waals surface area contributed by atoms with Crippen molar-refractivity contribution in [3.8, 4) is 0 Å². The fourth-order valence-corrected chi connectivity index (χ4v) is 13.5. The van der Waals surface area contributed by atoms with Crippen molar-refractivity contribution < 1.29 is 80.2 Å². The van der Waals surface area contributed by atoms with Crippen LogP contribution in [0.5, 0.6) is 0 Å². The van der Waals surface area contributed by atoms with Gasteiger partial charge < -0.3 is 33.8 Å². The second kappa shape index (κ2) is 68.5. The summed E-state index contributed by atoms with van der Waals surface area (Å²) in [6.45, 7) is 11.8. The molecule has 2 unspecified atom stereocenters. The molecule has 0 heterocycles. The van der Waals surface area contributed by atoms with E-state index in [-0.39, 0.29) is 25.7 Å². The zero-order valence-corrected chi connectivity index (χ0v) is 65.3. The van der Waals surface area contributed by atoms with Crippen molar-refractivity contribution in [3.05, 3.63) is 0 Å². The first kappa shape index (κ1) is 95.1. The Morgan fingerprint density at radius 1 is 0.278 bits per heavy atom. The maximum atomic E-state index is 13.1. The molecule has 0 aromatic rings. The number of unbranched alkanes of at least 4 members (excludes halogenated alkanes) is 44. The van der Waals surface area contributed by atoms with Gasteiger partial charge in [-0.1, -0.05) is 350 Å². The van der Waals surface area contributed by atoms with E-state index in [2.05, 4.69) is 48.5 Å². The Morgan fingerprint density at radius 2 is 0.474 bits per heavy atom. The molecule has 0 radical (unpaired) electrons. The van der Waals surface area contributed by atoms with Crippen molar-refractivity contribution in [2.75, 3.05) is 39.6 Å². The predicted molar refractivity (Wildman–Crippen MR) is 395 cm³/mol. The van der Waals surface area contributed by atoms with Crippen molar-refractivity contribution >= 4 is 39.5 Å². The van der Waals surface area contributed by atoms with Gasteiger partial charge in [0.05, 0.1) is 26.4 Å². The van der Waals surface area contributed by atoms with E-state index in [9.17, 15) is 43.2 Å². The van der Waals surface area contributed by atoms with Crippen molar-refractivity contribution in [2.45, 2.75) is 420 Å². The molecule has 0 bridgehead atoms. The van der Waals surface area contributed by atoms with Crippen LogP contribution < -0.4 is 0 Å². The molecule has 0 aliphatic rings. The van der Waals surface area contributed by atoms with Gasteiger partial charge in [-0.3, -0.25) is 37.3 Å². The normalized spacial score (nSPS) is 14.0. The van der Waals surface area contributed by atoms with Gasteiger partial charge in [0.1, 0.15) is 19.3 Å². The highest BCUT2D eigenvalue weighted by atomic mass is 31.2. The number of hydrogen-bond acceptors (Lipinski definition) is 15. The van der Waals surface area contributed by atoms with E-state index in [1.807, 2.05) is 0 Å². The Kier molecular flexibility index (Phi) is 67.1. The van der Waals surface area contributed by atoms with Gasteiger partial charge >= 0.3 is 39.5 Å². The van der Waals surface area contributed by atoms with Crippen LogP contribution in [0.25, 0.3) is 0 Å². The summed E-state index contributed by atoms with van der Waals surface area (Å²) in [4.78, 5) is 72.8. The molecule has 0 aromatic heterocycles. The van der Waals surface area contributed by atoms with Crippen LogP contribution in [0.4, 0.5) is 0 Å². The van der Waals surface area contributed by atoms with Gasteiger partial charge in [0.2, 0.25) is 0 Å². The monoisotopic (exact) mass is 1420 g/mol. The van der Waals surface area contributed by atoms with Gasteiger partial charge in [0, 0.05) is 25.7 Å². The van der Waals surface area contributed by atoms with Crippen molar-refractivity contribution in [2.24, 2.45) is 17.8 Å². The molecule has 0 fully saturated rings. The molecule has 97 heavy (non-hydrogen) atoms. The summed E-state index contributed by atoms with van der Waals surface area (Å²) < 4.78 is 68.5. The Bertz CT molecular complexity index is 1890. The Labute approximate surface area is 594 Å². The van der Waals surface area contributed by atoms with E-state index in [0.29, 0.717) is 37.5 Å². The third-order valence-electron chi connectivity index (χ3n) is 18.1. The Morgan fingerprint density at radius 3 is 0.701 bits per heavy atom. The summed E-state index contributed by atoms with van der Waals surface area (Å²) in [6, 6.07) is 0. The Hall–Kier alpha value is -1.94. The second-order valence-corrected chi connectivity index (χ2v) is 32.4. The lowest BCUT2D eigenvalue weighted by atomic mass is 10.0. The van der Waals surface area contributed by atoms with E-state index in [1.54, 1.807) is 0 Å². The van der Waals surface area contributed by atoms with Crippen molar-refractivity contribution in [3.63, 3.8) is 0 Å². The molecule has 0 spiro atoms. The van der Waals surface area contributed by atoms with Crippen LogP contribution in [0.15, 0.2) is 0 Å². The molecule has 5 atom stereocenters. The summed E-state index contributed by atoms with van der Waals surface area (Å²) in [5, 5.41) is 10.6. The van der Waals surface area contributed by atoms with Crippen molar-refractivity contribution in [1.29, 1.82) is 0 Å². The van der Waals surface area contributed by atoms with Crippen LogP contribution in [0.2, 0.25) is 0 Å². The first-order valence-electron chi connectivity index (χ1n) is 40.3. The standard InChI is InChI=1S/C78H152O17P2/c1-8-9-10-11-12-13-14-15-16-22-25-28-31-38-45-52-59-75(80)88-65-73(94-77(82)61-54-47-39-32-29-26-23-20-18-17-19-21-24-27-30-35-42-49-56-69(2)3)67-92-96(84,85)90-63-72(79)64-91-97(86,87)93-68-74(95-78(83)62-55-48-41-34-37-44-51-58-71(6)7)66-89-76(81)60-53-46-40-33-36-43-50-57-70(4)5/h69-74,79H,8-68H2,1-7H3,(H,84,85)(H,86,87)/t72-,73-,74-/m1/s1. The minimum atomic E-state index is -4.96. The lowest BCUT2D eigenvalue weighted by molar-refractivity contribution is -0.161. The summed E-state index contributed by atoms with van der Waals surface area (Å²) in [5.74, 6) is 0.102. The summed E-state index contributed by atoms with van der Waals surface area (Å²) >= 11 is 0. The van der Waals surface area contributed by atoms with Crippen LogP contribution >= 0.6 is 15.6 Å². The average molecular weight is 1420 g/mol. The average Bonchev–Trinajstić information content (AvgIpc) is 1.40. The second-order valence-electron chi connectivity index (χ2n) is 29.5. The predicted octanol–water partition coefficient (Wildman–Crippen LogP) is 23.0. The molecule has 0 rings (SSSR count). The number of esters is 4. The van der Waals surface area contributed by atoms with Crippen LogP contribution in [0.1, 0.15) is 402 Å². The molecule has 3 N–H and O–H groups in total. The van der Waals surface area contributed by atoms with Crippen molar-refractivity contribution in [1.82, 2.24) is 0 Å². The number of phosphoric acid groups is 2. The smallest absolute Gasteiger partial charge is 0.462 e. The van der Waals surface area contributed by atoms with Gasteiger partial charge in [-0.05, 0) is 43.4 Å². The number of hydrogen-bond donors (Lipinski definition) is 3. The van der Waals surface area contributed by atoms with E-state index < -0.39 is 97.5 Å². The number of aliphatic hydroxyl groups excluding tert-OH is 1. The van der Waals surface area contributed by atoms with E-state index in [4.69, 9.17) is 37.0 Å². The number of aliphatic hydroxyl groups is 1. The molecular formula is C78H152O17P2. The van der Waals surface area contributed by atoms with Gasteiger partial charge in [0.25, 0.3) is 0 Å². The minimum absolute atomic E-state index is 0.103. The minimum Gasteiger partial charge on any atom is -0.462 e. The quantitative estimate of drug-likeness (QED) is 0.0222. The first-order valence-corrected chi connectivity index (χ1v) is 43.3. The van der Waals surface area contributed by atoms with Crippen LogP contribution in [-0.2, 0) is 65.4 Å². The summed E-state index contributed by atoms with van der Waals surface area (Å²) in [7, 11) is -9.91. The third kappa shape index (κ3) is 72.2. The lowest BCUT2D eigenvalue weighted by Gasteiger charge is -2.21. The van der Waals surface area contributed by atoms with E-state index >= 15 is 0 Å². The number of phosphoric ester groups is 2.